The average Bonchev–Trinajstić information content (AvgIpc) is 2.65. The van der Waals surface area contributed by atoms with Crippen molar-refractivity contribution >= 4 is 11.8 Å². The molecule has 0 spiro atoms. The molecular formula is C22H26F2N2O3. The summed E-state index contributed by atoms with van der Waals surface area (Å²) in [6, 6.07) is 8.02. The zero-order valence-corrected chi connectivity index (χ0v) is 17.0. The van der Waals surface area contributed by atoms with Crippen LogP contribution in [0.3, 0.4) is 0 Å². The number of ether oxygens (including phenoxy) is 1. The highest BCUT2D eigenvalue weighted by Crippen LogP contribution is 2.20. The van der Waals surface area contributed by atoms with Gasteiger partial charge in [-0.2, -0.15) is 0 Å². The molecule has 2 aromatic rings. The SMILES string of the molecule is COc1ccc(C)cc1CCNC(=O)C(NC(=O)c1c(F)cccc1F)C(C)C. The lowest BCUT2D eigenvalue weighted by molar-refractivity contribution is -0.123. The second-order valence-corrected chi connectivity index (χ2v) is 7.15. The van der Waals surface area contributed by atoms with Crippen molar-refractivity contribution in [2.75, 3.05) is 13.7 Å². The summed E-state index contributed by atoms with van der Waals surface area (Å²) < 4.78 is 33.0. The van der Waals surface area contributed by atoms with Crippen LogP contribution in [0.5, 0.6) is 5.75 Å². The van der Waals surface area contributed by atoms with Gasteiger partial charge in [0.15, 0.2) is 0 Å². The maximum Gasteiger partial charge on any atom is 0.257 e. The molecule has 2 amide bonds. The van der Waals surface area contributed by atoms with Gasteiger partial charge >= 0.3 is 0 Å². The third-order valence-electron chi connectivity index (χ3n) is 4.56. The molecule has 0 bridgehead atoms. The lowest BCUT2D eigenvalue weighted by Crippen LogP contribution is -2.50. The van der Waals surface area contributed by atoms with E-state index in [0.717, 1.165) is 29.0 Å². The minimum atomic E-state index is -0.975. The van der Waals surface area contributed by atoms with Gasteiger partial charge in [-0.25, -0.2) is 8.78 Å². The number of hydrogen-bond donors (Lipinski definition) is 2. The predicted octanol–water partition coefficient (Wildman–Crippen LogP) is 3.40. The van der Waals surface area contributed by atoms with Crippen LogP contribution in [0.2, 0.25) is 0 Å². The van der Waals surface area contributed by atoms with E-state index < -0.39 is 35.1 Å². The first-order chi connectivity index (χ1) is 13.7. The molecule has 1 atom stereocenters. The van der Waals surface area contributed by atoms with Gasteiger partial charge in [0.05, 0.1) is 7.11 Å². The summed E-state index contributed by atoms with van der Waals surface area (Å²) in [7, 11) is 1.58. The molecule has 0 radical (unpaired) electrons. The van der Waals surface area contributed by atoms with Crippen LogP contribution >= 0.6 is 0 Å². The van der Waals surface area contributed by atoms with Gasteiger partial charge in [-0.1, -0.05) is 37.6 Å². The first kappa shape index (κ1) is 22.3. The maximum atomic E-state index is 13.8. The first-order valence-corrected chi connectivity index (χ1v) is 9.40. The number of hydrogen-bond acceptors (Lipinski definition) is 3. The topological polar surface area (TPSA) is 67.4 Å². The van der Waals surface area contributed by atoms with Gasteiger partial charge in [0.2, 0.25) is 5.91 Å². The smallest absolute Gasteiger partial charge is 0.257 e. The van der Waals surface area contributed by atoms with Crippen molar-refractivity contribution in [2.45, 2.75) is 33.2 Å². The summed E-state index contributed by atoms with van der Waals surface area (Å²) in [5, 5.41) is 5.21. The largest absolute Gasteiger partial charge is 0.496 e. The Morgan fingerprint density at radius 3 is 2.34 bits per heavy atom. The van der Waals surface area contributed by atoms with E-state index in [9.17, 15) is 18.4 Å². The van der Waals surface area contributed by atoms with Crippen molar-refractivity contribution in [3.63, 3.8) is 0 Å². The molecule has 0 aliphatic heterocycles. The van der Waals surface area contributed by atoms with Crippen LogP contribution in [0.25, 0.3) is 0 Å². The quantitative estimate of drug-likeness (QED) is 0.709. The Hall–Kier alpha value is -2.96. The summed E-state index contributed by atoms with van der Waals surface area (Å²) in [5.74, 6) is -2.88. The predicted molar refractivity (Wildman–Crippen MR) is 107 cm³/mol. The van der Waals surface area contributed by atoms with E-state index in [4.69, 9.17) is 4.74 Å². The van der Waals surface area contributed by atoms with Crippen molar-refractivity contribution in [2.24, 2.45) is 5.92 Å². The molecule has 1 unspecified atom stereocenters. The van der Waals surface area contributed by atoms with Crippen LogP contribution < -0.4 is 15.4 Å². The summed E-state index contributed by atoms with van der Waals surface area (Å²) in [4.78, 5) is 24.9. The van der Waals surface area contributed by atoms with Crippen LogP contribution in [0.4, 0.5) is 8.78 Å². The Morgan fingerprint density at radius 2 is 1.76 bits per heavy atom. The minimum Gasteiger partial charge on any atom is -0.496 e. The summed E-state index contributed by atoms with van der Waals surface area (Å²) >= 11 is 0. The number of carbonyl (C=O) groups is 2. The molecule has 0 saturated heterocycles. The van der Waals surface area contributed by atoms with Crippen molar-refractivity contribution < 1.29 is 23.1 Å². The van der Waals surface area contributed by atoms with Crippen LogP contribution in [0.1, 0.15) is 35.3 Å². The summed E-state index contributed by atoms with van der Waals surface area (Å²) in [6.45, 7) is 5.77. The third kappa shape index (κ3) is 5.76. The minimum absolute atomic E-state index is 0.276. The average molecular weight is 404 g/mol. The highest BCUT2D eigenvalue weighted by atomic mass is 19.1. The molecule has 0 heterocycles. The van der Waals surface area contributed by atoms with E-state index >= 15 is 0 Å². The highest BCUT2D eigenvalue weighted by Gasteiger charge is 2.27. The van der Waals surface area contributed by atoms with Gasteiger partial charge in [-0.05, 0) is 43.0 Å². The fourth-order valence-corrected chi connectivity index (χ4v) is 3.00. The van der Waals surface area contributed by atoms with E-state index in [-0.39, 0.29) is 5.92 Å². The Labute approximate surface area is 169 Å². The van der Waals surface area contributed by atoms with E-state index in [1.54, 1.807) is 21.0 Å². The molecular weight excluding hydrogens is 378 g/mol. The standard InChI is InChI=1S/C22H26F2N2O3/c1-13(2)20(26-21(27)19-16(23)6-5-7-17(19)24)22(28)25-11-10-15-12-14(3)8-9-18(15)29-4/h5-9,12-13,20H,10-11H2,1-4H3,(H,25,28)(H,26,27). The zero-order valence-electron chi connectivity index (χ0n) is 17.0. The summed E-state index contributed by atoms with van der Waals surface area (Å²) in [6.07, 6.45) is 0.539. The zero-order chi connectivity index (χ0) is 21.6. The number of aryl methyl sites for hydroxylation is 1. The molecule has 7 heteroatoms. The number of amides is 2. The Morgan fingerprint density at radius 1 is 1.10 bits per heavy atom. The van der Waals surface area contributed by atoms with Gasteiger partial charge in [0, 0.05) is 6.54 Å². The molecule has 2 rings (SSSR count). The molecule has 0 saturated carbocycles. The van der Waals surface area contributed by atoms with Gasteiger partial charge < -0.3 is 15.4 Å². The number of carbonyl (C=O) groups excluding carboxylic acids is 2. The fourth-order valence-electron chi connectivity index (χ4n) is 3.00. The molecule has 156 valence electrons. The van der Waals surface area contributed by atoms with E-state index in [1.165, 1.54) is 6.07 Å². The normalized spacial score (nSPS) is 11.8. The number of halogens is 2. The fraction of sp³-hybridized carbons (Fsp3) is 0.364. The van der Waals surface area contributed by atoms with Gasteiger partial charge in [0.1, 0.15) is 29.0 Å². The molecule has 29 heavy (non-hydrogen) atoms. The number of nitrogens with one attached hydrogen (secondary N) is 2. The van der Waals surface area contributed by atoms with E-state index in [2.05, 4.69) is 10.6 Å². The lowest BCUT2D eigenvalue weighted by Gasteiger charge is -2.22. The number of benzene rings is 2. The van der Waals surface area contributed by atoms with Crippen LogP contribution in [-0.4, -0.2) is 31.5 Å². The molecule has 0 aliphatic rings. The van der Waals surface area contributed by atoms with Crippen molar-refractivity contribution in [1.29, 1.82) is 0 Å². The highest BCUT2D eigenvalue weighted by molar-refractivity contribution is 5.98. The number of methoxy groups -OCH3 is 1. The first-order valence-electron chi connectivity index (χ1n) is 9.40. The third-order valence-corrected chi connectivity index (χ3v) is 4.56. The van der Waals surface area contributed by atoms with E-state index in [1.807, 2.05) is 25.1 Å². The van der Waals surface area contributed by atoms with E-state index in [0.29, 0.717) is 13.0 Å². The van der Waals surface area contributed by atoms with Gasteiger partial charge in [-0.15, -0.1) is 0 Å². The van der Waals surface area contributed by atoms with Crippen LogP contribution in [-0.2, 0) is 11.2 Å². The monoisotopic (exact) mass is 404 g/mol. The molecule has 0 aromatic heterocycles. The molecule has 2 N–H and O–H groups in total. The lowest BCUT2D eigenvalue weighted by atomic mass is 10.0. The second-order valence-electron chi connectivity index (χ2n) is 7.15. The Bertz CT molecular complexity index is 864. The summed E-state index contributed by atoms with van der Waals surface area (Å²) in [5.41, 5.74) is 1.33. The Kier molecular flexibility index (Phi) is 7.70. The second kappa shape index (κ2) is 10.0. The van der Waals surface area contributed by atoms with Gasteiger partial charge in [-0.3, -0.25) is 9.59 Å². The Balaban J connectivity index is 2.03. The van der Waals surface area contributed by atoms with Crippen LogP contribution in [0.15, 0.2) is 36.4 Å². The molecule has 5 nitrogen and oxygen atoms in total. The van der Waals surface area contributed by atoms with Crippen molar-refractivity contribution in [1.82, 2.24) is 10.6 Å². The van der Waals surface area contributed by atoms with Crippen molar-refractivity contribution in [3.05, 3.63) is 64.7 Å². The number of rotatable bonds is 8. The molecule has 2 aromatic carbocycles. The molecule has 0 fully saturated rings. The van der Waals surface area contributed by atoms with Crippen molar-refractivity contribution in [3.8, 4) is 5.75 Å². The maximum absolute atomic E-state index is 13.8. The van der Waals surface area contributed by atoms with Gasteiger partial charge in [0.25, 0.3) is 5.91 Å². The molecule has 0 aliphatic carbocycles. The van der Waals surface area contributed by atoms with Crippen LogP contribution in [0, 0.1) is 24.5 Å².